The van der Waals surface area contributed by atoms with Gasteiger partial charge in [-0.2, -0.15) is 0 Å². The van der Waals surface area contributed by atoms with Crippen LogP contribution >= 0.6 is 0 Å². The summed E-state index contributed by atoms with van der Waals surface area (Å²) in [5, 5.41) is 3.67. The lowest BCUT2D eigenvalue weighted by Gasteiger charge is -2.23. The molecule has 2 heteroatoms. The highest BCUT2D eigenvalue weighted by Gasteiger charge is 2.12. The van der Waals surface area contributed by atoms with E-state index in [0.29, 0.717) is 6.10 Å². The van der Waals surface area contributed by atoms with E-state index in [0.717, 1.165) is 24.8 Å². The van der Waals surface area contributed by atoms with E-state index in [-0.39, 0.29) is 0 Å². The van der Waals surface area contributed by atoms with E-state index in [4.69, 9.17) is 4.74 Å². The molecule has 1 unspecified atom stereocenters. The summed E-state index contributed by atoms with van der Waals surface area (Å²) in [4.78, 5) is 0. The first kappa shape index (κ1) is 14.4. The fourth-order valence-electron chi connectivity index (χ4n) is 2.57. The summed E-state index contributed by atoms with van der Waals surface area (Å²) in [6, 6.07) is 9.25. The highest BCUT2D eigenvalue weighted by atomic mass is 16.5. The third kappa shape index (κ3) is 4.87. The third-order valence-corrected chi connectivity index (χ3v) is 4.04. The standard InChI is InChI=1S/C17H27NO/c1-3-14(2)19-17-11-9-15(10-12-17)13-18-16-7-5-4-6-8-16/h9-12,14,16,18H,3-8,13H2,1-2H3. The molecule has 2 rings (SSSR count). The first-order valence-corrected chi connectivity index (χ1v) is 7.77. The Balaban J connectivity index is 1.77. The molecule has 0 amide bonds. The van der Waals surface area contributed by atoms with Crippen molar-refractivity contribution < 1.29 is 4.74 Å². The summed E-state index contributed by atoms with van der Waals surface area (Å²) in [6.07, 6.45) is 8.22. The van der Waals surface area contributed by atoms with Crippen LogP contribution in [-0.2, 0) is 6.54 Å². The summed E-state index contributed by atoms with van der Waals surface area (Å²) >= 11 is 0. The molecule has 0 saturated heterocycles. The molecule has 0 aromatic heterocycles. The Bertz CT molecular complexity index is 354. The molecule has 1 aliphatic rings. The lowest BCUT2D eigenvalue weighted by molar-refractivity contribution is 0.217. The van der Waals surface area contributed by atoms with Gasteiger partial charge in [0.05, 0.1) is 6.10 Å². The monoisotopic (exact) mass is 261 g/mol. The quantitative estimate of drug-likeness (QED) is 0.825. The Morgan fingerprint density at radius 3 is 2.47 bits per heavy atom. The maximum Gasteiger partial charge on any atom is 0.119 e. The van der Waals surface area contributed by atoms with Crippen molar-refractivity contribution in [3.05, 3.63) is 29.8 Å². The zero-order valence-electron chi connectivity index (χ0n) is 12.3. The van der Waals surface area contributed by atoms with Crippen LogP contribution in [0.3, 0.4) is 0 Å². The SMILES string of the molecule is CCC(C)Oc1ccc(CNC2CCCCC2)cc1. The van der Waals surface area contributed by atoms with Crippen LogP contribution in [-0.4, -0.2) is 12.1 Å². The van der Waals surface area contributed by atoms with Crippen molar-refractivity contribution in [2.24, 2.45) is 0 Å². The molecule has 1 aliphatic carbocycles. The van der Waals surface area contributed by atoms with E-state index >= 15 is 0 Å². The molecule has 0 spiro atoms. The third-order valence-electron chi connectivity index (χ3n) is 4.04. The van der Waals surface area contributed by atoms with Gasteiger partial charge >= 0.3 is 0 Å². The first-order chi connectivity index (χ1) is 9.28. The molecule has 1 aromatic carbocycles. The second-order valence-electron chi connectivity index (χ2n) is 5.70. The molecule has 106 valence electrons. The van der Waals surface area contributed by atoms with Crippen molar-refractivity contribution in [1.82, 2.24) is 5.32 Å². The minimum absolute atomic E-state index is 0.297. The lowest BCUT2D eigenvalue weighted by atomic mass is 9.95. The molecule has 1 atom stereocenters. The topological polar surface area (TPSA) is 21.3 Å². The Labute approximate surface area is 117 Å². The van der Waals surface area contributed by atoms with Gasteiger partial charge in [0, 0.05) is 12.6 Å². The smallest absolute Gasteiger partial charge is 0.119 e. The molecule has 0 aliphatic heterocycles. The van der Waals surface area contributed by atoms with E-state index in [9.17, 15) is 0 Å². The van der Waals surface area contributed by atoms with E-state index in [1.807, 2.05) is 0 Å². The van der Waals surface area contributed by atoms with E-state index < -0.39 is 0 Å². The number of benzene rings is 1. The van der Waals surface area contributed by atoms with Crippen LogP contribution in [0.4, 0.5) is 0 Å². The average Bonchev–Trinajstić information content (AvgIpc) is 2.47. The maximum absolute atomic E-state index is 5.79. The predicted molar refractivity (Wildman–Crippen MR) is 80.5 cm³/mol. The number of nitrogens with one attached hydrogen (secondary N) is 1. The summed E-state index contributed by atoms with van der Waals surface area (Å²) in [7, 11) is 0. The summed E-state index contributed by atoms with van der Waals surface area (Å²) in [6.45, 7) is 5.24. The number of hydrogen-bond acceptors (Lipinski definition) is 2. The fraction of sp³-hybridized carbons (Fsp3) is 0.647. The molecule has 0 bridgehead atoms. The van der Waals surface area contributed by atoms with Crippen molar-refractivity contribution in [1.29, 1.82) is 0 Å². The highest BCUT2D eigenvalue weighted by molar-refractivity contribution is 5.27. The molecule has 2 nitrogen and oxygen atoms in total. The predicted octanol–water partition coefficient (Wildman–Crippen LogP) is 4.29. The van der Waals surface area contributed by atoms with E-state index in [1.165, 1.54) is 37.7 Å². The zero-order chi connectivity index (χ0) is 13.5. The van der Waals surface area contributed by atoms with Crippen molar-refractivity contribution in [3.8, 4) is 5.75 Å². The van der Waals surface area contributed by atoms with Gasteiger partial charge in [0.1, 0.15) is 5.75 Å². The van der Waals surface area contributed by atoms with Crippen LogP contribution in [0.1, 0.15) is 57.9 Å². The number of hydrogen-bond donors (Lipinski definition) is 1. The largest absolute Gasteiger partial charge is 0.491 e. The molecule has 0 heterocycles. The Hall–Kier alpha value is -1.02. The summed E-state index contributed by atoms with van der Waals surface area (Å²) in [5.41, 5.74) is 1.35. The van der Waals surface area contributed by atoms with Crippen molar-refractivity contribution in [2.75, 3.05) is 0 Å². The van der Waals surface area contributed by atoms with Gasteiger partial charge in [0.25, 0.3) is 0 Å². The molecule has 1 aromatic rings. The van der Waals surface area contributed by atoms with E-state index in [2.05, 4.69) is 43.4 Å². The summed E-state index contributed by atoms with van der Waals surface area (Å²) in [5.74, 6) is 0.982. The van der Waals surface area contributed by atoms with Gasteiger partial charge in [-0.25, -0.2) is 0 Å². The lowest BCUT2D eigenvalue weighted by Crippen LogP contribution is -2.30. The van der Waals surface area contributed by atoms with Crippen molar-refractivity contribution in [2.45, 2.75) is 71.1 Å². The number of rotatable bonds is 6. The Kier molecular flexibility index (Phi) is 5.71. The zero-order valence-corrected chi connectivity index (χ0v) is 12.3. The molecule has 0 radical (unpaired) electrons. The van der Waals surface area contributed by atoms with Gasteiger partial charge in [-0.3, -0.25) is 0 Å². The van der Waals surface area contributed by atoms with Crippen LogP contribution in [0.25, 0.3) is 0 Å². The van der Waals surface area contributed by atoms with Gasteiger partial charge in [-0.15, -0.1) is 0 Å². The summed E-state index contributed by atoms with van der Waals surface area (Å²) < 4.78 is 5.79. The van der Waals surface area contributed by atoms with Gasteiger partial charge in [-0.05, 0) is 43.9 Å². The van der Waals surface area contributed by atoms with Gasteiger partial charge in [0.15, 0.2) is 0 Å². The van der Waals surface area contributed by atoms with Crippen LogP contribution in [0, 0.1) is 0 Å². The van der Waals surface area contributed by atoms with Crippen LogP contribution in [0.5, 0.6) is 5.75 Å². The van der Waals surface area contributed by atoms with E-state index in [1.54, 1.807) is 0 Å². The molecule has 1 saturated carbocycles. The van der Waals surface area contributed by atoms with Gasteiger partial charge in [0.2, 0.25) is 0 Å². The molecular formula is C17H27NO. The molecule has 1 N–H and O–H groups in total. The Morgan fingerprint density at radius 1 is 1.16 bits per heavy atom. The van der Waals surface area contributed by atoms with Crippen LogP contribution in [0.15, 0.2) is 24.3 Å². The van der Waals surface area contributed by atoms with Crippen LogP contribution in [0.2, 0.25) is 0 Å². The fourth-order valence-corrected chi connectivity index (χ4v) is 2.57. The average molecular weight is 261 g/mol. The Morgan fingerprint density at radius 2 is 1.84 bits per heavy atom. The van der Waals surface area contributed by atoms with Crippen molar-refractivity contribution >= 4 is 0 Å². The van der Waals surface area contributed by atoms with Gasteiger partial charge < -0.3 is 10.1 Å². The highest BCUT2D eigenvalue weighted by Crippen LogP contribution is 2.19. The first-order valence-electron chi connectivity index (χ1n) is 7.77. The number of ether oxygens (including phenoxy) is 1. The molecular weight excluding hydrogens is 234 g/mol. The van der Waals surface area contributed by atoms with Gasteiger partial charge in [-0.1, -0.05) is 38.3 Å². The second kappa shape index (κ2) is 7.54. The molecule has 1 fully saturated rings. The van der Waals surface area contributed by atoms with Crippen LogP contribution < -0.4 is 10.1 Å². The maximum atomic E-state index is 5.79. The second-order valence-corrected chi connectivity index (χ2v) is 5.70. The normalized spacial score (nSPS) is 18.2. The van der Waals surface area contributed by atoms with Crippen molar-refractivity contribution in [3.63, 3.8) is 0 Å². The molecule has 19 heavy (non-hydrogen) atoms. The minimum Gasteiger partial charge on any atom is -0.491 e. The minimum atomic E-state index is 0.297.